The van der Waals surface area contributed by atoms with Gasteiger partial charge >= 0.3 is 0 Å². The Kier molecular flexibility index (Phi) is 4.43. The molecule has 1 aromatic carbocycles. The van der Waals surface area contributed by atoms with E-state index in [4.69, 9.17) is 0 Å². The van der Waals surface area contributed by atoms with E-state index < -0.39 is 0 Å². The molecule has 4 N–H and O–H groups in total. The van der Waals surface area contributed by atoms with Crippen LogP contribution in [0.25, 0.3) is 0 Å². The standard InChI is InChI=1S/C19H23N7O/c1-12-5-6-13(25(2)3)9-14(12)17-16(11-21-24-17)23-19(27)15-10-22-26-8-4-7-20-18(15)26/h4-9,11,17,21-22,24H,10H2,1-3H3,(H,23,27). The highest BCUT2D eigenvalue weighted by molar-refractivity contribution is 5.96. The van der Waals surface area contributed by atoms with Crippen molar-refractivity contribution >= 4 is 17.8 Å². The van der Waals surface area contributed by atoms with Gasteiger partial charge in [0.2, 0.25) is 0 Å². The maximum Gasteiger partial charge on any atom is 0.256 e. The molecule has 1 atom stereocenters. The van der Waals surface area contributed by atoms with Gasteiger partial charge in [0.25, 0.3) is 5.91 Å². The minimum atomic E-state index is -0.157. The number of fused-ring (bicyclic) bond motifs is 1. The number of benzene rings is 1. The van der Waals surface area contributed by atoms with Crippen LogP contribution in [0.15, 0.2) is 58.8 Å². The van der Waals surface area contributed by atoms with Gasteiger partial charge < -0.3 is 15.6 Å². The maximum atomic E-state index is 12.9. The number of nitrogens with one attached hydrogen (secondary N) is 4. The van der Waals surface area contributed by atoms with E-state index in [1.54, 1.807) is 17.4 Å². The van der Waals surface area contributed by atoms with Crippen molar-refractivity contribution in [2.24, 2.45) is 4.99 Å². The summed E-state index contributed by atoms with van der Waals surface area (Å²) >= 11 is 0. The molecule has 8 heteroatoms. The minimum absolute atomic E-state index is 0.139. The summed E-state index contributed by atoms with van der Waals surface area (Å²) in [6.45, 7) is 2.51. The summed E-state index contributed by atoms with van der Waals surface area (Å²) in [7, 11) is 4.03. The Morgan fingerprint density at radius 2 is 2.22 bits per heavy atom. The van der Waals surface area contributed by atoms with Crippen molar-refractivity contribution < 1.29 is 4.79 Å². The summed E-state index contributed by atoms with van der Waals surface area (Å²) in [5.41, 5.74) is 14.1. The first-order valence-electron chi connectivity index (χ1n) is 8.81. The smallest absolute Gasteiger partial charge is 0.256 e. The van der Waals surface area contributed by atoms with Gasteiger partial charge in [-0.2, -0.15) is 0 Å². The molecule has 140 valence electrons. The van der Waals surface area contributed by atoms with Crippen LogP contribution in [0.4, 0.5) is 5.69 Å². The van der Waals surface area contributed by atoms with E-state index in [0.717, 1.165) is 22.5 Å². The number of hydrogen-bond acceptors (Lipinski definition) is 7. The number of carbonyl (C=O) groups excluding carboxylic acids is 1. The summed E-state index contributed by atoms with van der Waals surface area (Å²) in [4.78, 5) is 19.2. The Hall–Kier alpha value is -3.10. The maximum absolute atomic E-state index is 12.9. The number of aryl methyl sites for hydroxylation is 1. The number of allylic oxidation sites excluding steroid dienone is 1. The van der Waals surface area contributed by atoms with Crippen molar-refractivity contribution in [1.82, 2.24) is 26.6 Å². The van der Waals surface area contributed by atoms with E-state index in [2.05, 4.69) is 56.6 Å². The van der Waals surface area contributed by atoms with E-state index in [1.165, 1.54) is 0 Å². The lowest BCUT2D eigenvalue weighted by Gasteiger charge is -2.21. The monoisotopic (exact) mass is 365 g/mol. The van der Waals surface area contributed by atoms with Crippen LogP contribution in [0.3, 0.4) is 0 Å². The molecule has 0 aromatic heterocycles. The zero-order chi connectivity index (χ0) is 19.0. The average molecular weight is 365 g/mol. The predicted octanol–water partition coefficient (Wildman–Crippen LogP) is 0.797. The molecule has 0 aliphatic carbocycles. The molecule has 4 rings (SSSR count). The molecule has 0 saturated carbocycles. The third-order valence-corrected chi connectivity index (χ3v) is 4.83. The van der Waals surface area contributed by atoms with Crippen molar-refractivity contribution in [3.05, 3.63) is 64.9 Å². The first kappa shape index (κ1) is 17.3. The second kappa shape index (κ2) is 6.90. The first-order valence-corrected chi connectivity index (χ1v) is 8.81. The molecule has 8 nitrogen and oxygen atoms in total. The lowest BCUT2D eigenvalue weighted by molar-refractivity contribution is -0.116. The number of anilines is 1. The molecular formula is C19H23N7O. The van der Waals surface area contributed by atoms with Crippen molar-refractivity contribution in [3.63, 3.8) is 0 Å². The molecule has 3 aliphatic rings. The molecule has 0 fully saturated rings. The van der Waals surface area contributed by atoms with Gasteiger partial charge in [-0.1, -0.05) is 6.07 Å². The zero-order valence-corrected chi connectivity index (χ0v) is 15.6. The van der Waals surface area contributed by atoms with Gasteiger partial charge in [-0.05, 0) is 36.3 Å². The van der Waals surface area contributed by atoms with Gasteiger partial charge in [0, 0.05) is 44.9 Å². The van der Waals surface area contributed by atoms with E-state index in [-0.39, 0.29) is 11.9 Å². The summed E-state index contributed by atoms with van der Waals surface area (Å²) < 4.78 is 0. The highest BCUT2D eigenvalue weighted by Gasteiger charge is 2.30. The zero-order valence-electron chi connectivity index (χ0n) is 15.6. The normalized spacial score (nSPS) is 20.5. The van der Waals surface area contributed by atoms with E-state index in [1.807, 2.05) is 26.4 Å². The fourth-order valence-corrected chi connectivity index (χ4v) is 3.29. The number of rotatable bonds is 4. The largest absolute Gasteiger partial charge is 0.378 e. The van der Waals surface area contributed by atoms with Gasteiger partial charge in [0.15, 0.2) is 5.82 Å². The molecular weight excluding hydrogens is 342 g/mol. The lowest BCUT2D eigenvalue weighted by atomic mass is 9.98. The van der Waals surface area contributed by atoms with Crippen LogP contribution in [-0.2, 0) is 4.79 Å². The lowest BCUT2D eigenvalue weighted by Crippen LogP contribution is -2.32. The topological polar surface area (TPSA) is 84.0 Å². The summed E-state index contributed by atoms with van der Waals surface area (Å²) in [5.74, 6) is 0.479. The summed E-state index contributed by atoms with van der Waals surface area (Å²) in [6, 6.07) is 6.18. The van der Waals surface area contributed by atoms with Crippen LogP contribution in [0.1, 0.15) is 17.2 Å². The second-order valence-electron chi connectivity index (χ2n) is 6.84. The first-order chi connectivity index (χ1) is 13.0. The Labute approximate surface area is 158 Å². The molecule has 27 heavy (non-hydrogen) atoms. The molecule has 3 heterocycles. The Bertz CT molecular complexity index is 897. The van der Waals surface area contributed by atoms with Crippen LogP contribution in [0.5, 0.6) is 0 Å². The van der Waals surface area contributed by atoms with Crippen molar-refractivity contribution in [1.29, 1.82) is 0 Å². The number of aliphatic imine (C=N–C) groups is 1. The molecule has 1 amide bonds. The quantitative estimate of drug-likeness (QED) is 0.632. The molecule has 1 aromatic rings. The highest BCUT2D eigenvalue weighted by atomic mass is 16.2. The summed E-state index contributed by atoms with van der Waals surface area (Å²) in [6.07, 6.45) is 7.14. The Morgan fingerprint density at radius 1 is 1.37 bits per heavy atom. The Morgan fingerprint density at radius 3 is 3.04 bits per heavy atom. The molecule has 0 saturated heterocycles. The number of nitrogens with zero attached hydrogens (tertiary/aromatic N) is 3. The van der Waals surface area contributed by atoms with Crippen LogP contribution < -0.4 is 26.5 Å². The van der Waals surface area contributed by atoms with E-state index >= 15 is 0 Å². The SMILES string of the molecule is Cc1ccc(N(C)C)cc1C1NNC=C1NC(=O)C1=C2N=CC=CN2NC1. The van der Waals surface area contributed by atoms with Crippen LogP contribution in [0.2, 0.25) is 0 Å². The van der Waals surface area contributed by atoms with Crippen molar-refractivity contribution in [2.75, 3.05) is 25.5 Å². The number of hydrogen-bond donors (Lipinski definition) is 4. The van der Waals surface area contributed by atoms with Gasteiger partial charge in [-0.25, -0.2) is 15.8 Å². The fraction of sp³-hybridized carbons (Fsp3) is 0.263. The molecule has 3 aliphatic heterocycles. The van der Waals surface area contributed by atoms with Crippen LogP contribution in [-0.4, -0.2) is 37.8 Å². The van der Waals surface area contributed by atoms with Crippen LogP contribution >= 0.6 is 0 Å². The van der Waals surface area contributed by atoms with E-state index in [9.17, 15) is 4.79 Å². The average Bonchev–Trinajstić information content (AvgIpc) is 3.28. The summed E-state index contributed by atoms with van der Waals surface area (Å²) in [5, 5.41) is 4.80. The van der Waals surface area contributed by atoms with Gasteiger partial charge in [0.1, 0.15) is 0 Å². The second-order valence-corrected chi connectivity index (χ2v) is 6.84. The van der Waals surface area contributed by atoms with Gasteiger partial charge in [-0.15, -0.1) is 0 Å². The predicted molar refractivity (Wildman–Crippen MR) is 105 cm³/mol. The molecule has 1 unspecified atom stereocenters. The number of carbonyl (C=O) groups is 1. The molecule has 0 radical (unpaired) electrons. The molecule has 0 bridgehead atoms. The highest BCUT2D eigenvalue weighted by Crippen LogP contribution is 2.29. The number of hydrazine groups is 2. The minimum Gasteiger partial charge on any atom is -0.378 e. The van der Waals surface area contributed by atoms with Crippen molar-refractivity contribution in [2.45, 2.75) is 13.0 Å². The number of amides is 1. The third-order valence-electron chi connectivity index (χ3n) is 4.83. The third kappa shape index (κ3) is 3.20. The Balaban J connectivity index is 1.56. The van der Waals surface area contributed by atoms with Gasteiger partial charge in [-0.3, -0.25) is 9.80 Å². The fourth-order valence-electron chi connectivity index (χ4n) is 3.29. The van der Waals surface area contributed by atoms with Crippen molar-refractivity contribution in [3.8, 4) is 0 Å². The van der Waals surface area contributed by atoms with Gasteiger partial charge in [0.05, 0.1) is 17.3 Å². The molecule has 0 spiro atoms. The van der Waals surface area contributed by atoms with E-state index in [0.29, 0.717) is 17.9 Å². The van der Waals surface area contributed by atoms with Crippen LogP contribution in [0, 0.1) is 6.92 Å².